The van der Waals surface area contributed by atoms with E-state index in [-0.39, 0.29) is 64.1 Å². The van der Waals surface area contributed by atoms with Crippen molar-refractivity contribution in [3.63, 3.8) is 0 Å². The Morgan fingerprint density at radius 2 is 1.89 bits per heavy atom. The molecule has 0 saturated heterocycles. The van der Waals surface area contributed by atoms with Crippen LogP contribution in [0.1, 0.15) is 5.69 Å². The average Bonchev–Trinajstić information content (AvgIpc) is 3.56. The molecule has 2 aromatic heterocycles. The van der Waals surface area contributed by atoms with E-state index < -0.39 is 10.7 Å². The highest BCUT2D eigenvalue weighted by Crippen LogP contribution is 2.28. The lowest BCUT2D eigenvalue weighted by Crippen LogP contribution is -2.33. The molecule has 2 aromatic carbocycles. The maximum absolute atomic E-state index is 13.4. The first-order chi connectivity index (χ1) is 17.9. The Hall–Kier alpha value is -4.71. The van der Waals surface area contributed by atoms with Crippen LogP contribution in [0, 0.1) is 15.9 Å². The van der Waals surface area contributed by atoms with Crippen LogP contribution in [0.25, 0.3) is 11.0 Å². The first-order valence-electron chi connectivity index (χ1n) is 10.3. The van der Waals surface area contributed by atoms with Gasteiger partial charge in [-0.1, -0.05) is 0 Å². The number of aliphatic imine (C=N–C) groups is 1. The molecule has 4 rings (SSSR count). The smallest absolute Gasteiger partial charge is 0.300 e. The van der Waals surface area contributed by atoms with Gasteiger partial charge in [0.25, 0.3) is 0 Å². The van der Waals surface area contributed by atoms with Crippen molar-refractivity contribution in [1.82, 2.24) is 31.4 Å². The normalized spacial score (nSPS) is 11.4. The summed E-state index contributed by atoms with van der Waals surface area (Å²) in [6.07, 6.45) is 0. The number of nitro benzene ring substituents is 1. The van der Waals surface area contributed by atoms with Crippen LogP contribution in [0.5, 0.6) is 0 Å². The minimum atomic E-state index is -0.612. The van der Waals surface area contributed by atoms with Crippen molar-refractivity contribution in [2.45, 2.75) is 0 Å². The molecular weight excluding hydrogens is 563 g/mol. The van der Waals surface area contributed by atoms with Gasteiger partial charge in [0.2, 0.25) is 17.2 Å². The van der Waals surface area contributed by atoms with Crippen LogP contribution in [-0.2, 0) is 4.79 Å². The summed E-state index contributed by atoms with van der Waals surface area (Å²) in [7, 11) is 0. The fourth-order valence-corrected chi connectivity index (χ4v) is 3.41. The lowest BCUT2D eigenvalue weighted by Gasteiger charge is -2.09. The third kappa shape index (κ3) is 5.93. The van der Waals surface area contributed by atoms with Gasteiger partial charge in [0.15, 0.2) is 17.0 Å². The molecule has 37 heavy (non-hydrogen) atoms. The molecule has 0 aliphatic rings. The number of carbonyl (C=O) groups excluding carboxylic acids is 1. The van der Waals surface area contributed by atoms with Gasteiger partial charge in [0.05, 0.1) is 27.3 Å². The summed E-state index contributed by atoms with van der Waals surface area (Å²) < 4.78 is 22.9. The van der Waals surface area contributed by atoms with E-state index in [1.54, 1.807) is 0 Å². The highest BCUT2D eigenvalue weighted by molar-refractivity contribution is 9.10. The summed E-state index contributed by atoms with van der Waals surface area (Å²) in [5, 5.41) is 43.5. The molecule has 0 aliphatic carbocycles. The van der Waals surface area contributed by atoms with Crippen LogP contribution in [0.4, 0.5) is 27.3 Å². The van der Waals surface area contributed by atoms with Crippen molar-refractivity contribution in [3.05, 3.63) is 56.4 Å². The molecular formula is C19H16BrFN10O6. The molecule has 0 bridgehead atoms. The monoisotopic (exact) mass is 578 g/mol. The molecule has 4 aromatic rings. The SMILES string of the molecule is O=C(CNc1ccc([N+](=O)[O-])c2nonc12)NCCNc1nonc1C(=Nc1ccc(F)c(Br)c1)NO. The molecule has 1 amide bonds. The number of nitrogens with one attached hydrogen (secondary N) is 4. The number of fused-ring (bicyclic) bond motifs is 1. The number of anilines is 2. The summed E-state index contributed by atoms with van der Waals surface area (Å²) in [4.78, 5) is 26.8. The van der Waals surface area contributed by atoms with Crippen LogP contribution >= 0.6 is 15.9 Å². The van der Waals surface area contributed by atoms with E-state index in [2.05, 4.69) is 62.1 Å². The number of rotatable bonds is 10. The fraction of sp³-hybridized carbons (Fsp3) is 0.158. The Labute approximate surface area is 213 Å². The number of hydrogen-bond acceptors (Lipinski definition) is 13. The minimum Gasteiger partial charge on any atom is -0.374 e. The first-order valence-corrected chi connectivity index (χ1v) is 11.1. The molecule has 16 nitrogen and oxygen atoms in total. The lowest BCUT2D eigenvalue weighted by atomic mass is 10.2. The summed E-state index contributed by atoms with van der Waals surface area (Å²) >= 11 is 3.06. The van der Waals surface area contributed by atoms with E-state index in [0.29, 0.717) is 11.4 Å². The predicted molar refractivity (Wildman–Crippen MR) is 128 cm³/mol. The number of hydroxylamine groups is 1. The van der Waals surface area contributed by atoms with Gasteiger partial charge in [-0.25, -0.2) is 18.6 Å². The second kappa shape index (κ2) is 11.4. The van der Waals surface area contributed by atoms with Crippen LogP contribution in [0.2, 0.25) is 0 Å². The molecule has 0 atom stereocenters. The molecule has 18 heteroatoms. The predicted octanol–water partition coefficient (Wildman–Crippen LogP) is 2.11. The van der Waals surface area contributed by atoms with Crippen molar-refractivity contribution in [2.24, 2.45) is 4.99 Å². The van der Waals surface area contributed by atoms with Crippen molar-refractivity contribution in [3.8, 4) is 0 Å². The highest BCUT2D eigenvalue weighted by Gasteiger charge is 2.20. The van der Waals surface area contributed by atoms with E-state index in [0.717, 1.165) is 0 Å². The van der Waals surface area contributed by atoms with Gasteiger partial charge in [-0.3, -0.25) is 25.6 Å². The number of non-ortho nitro benzene ring substituents is 1. The maximum atomic E-state index is 13.4. The van der Waals surface area contributed by atoms with Crippen molar-refractivity contribution in [1.29, 1.82) is 0 Å². The van der Waals surface area contributed by atoms with Gasteiger partial charge in [0.1, 0.15) is 5.82 Å². The standard InChI is InChI=1S/C19H16BrFN10O6/c20-10-7-9(1-2-11(10)21)25-19(26-33)17-18(30-37-29-17)23-6-5-22-14(32)8-24-12-3-4-13(31(34)35)16-15(12)27-36-28-16/h1-4,7,24,33H,5-6,8H2,(H,22,32)(H,23,30)(H,25,26). The number of amidine groups is 1. The van der Waals surface area contributed by atoms with Crippen molar-refractivity contribution in [2.75, 3.05) is 30.3 Å². The number of amides is 1. The van der Waals surface area contributed by atoms with E-state index >= 15 is 0 Å². The van der Waals surface area contributed by atoms with E-state index in [4.69, 9.17) is 4.63 Å². The van der Waals surface area contributed by atoms with Crippen LogP contribution in [0.15, 0.2) is 49.1 Å². The van der Waals surface area contributed by atoms with Crippen molar-refractivity contribution < 1.29 is 28.6 Å². The molecule has 5 N–H and O–H groups in total. The third-order valence-electron chi connectivity index (χ3n) is 4.73. The van der Waals surface area contributed by atoms with E-state index in [1.165, 1.54) is 30.3 Å². The van der Waals surface area contributed by atoms with Gasteiger partial charge >= 0.3 is 5.69 Å². The lowest BCUT2D eigenvalue weighted by molar-refractivity contribution is -0.383. The highest BCUT2D eigenvalue weighted by atomic mass is 79.9. The molecule has 0 saturated carbocycles. The minimum absolute atomic E-state index is 0.0380. The zero-order chi connectivity index (χ0) is 26.4. The Balaban J connectivity index is 1.29. The molecule has 0 fully saturated rings. The summed E-state index contributed by atoms with van der Waals surface area (Å²) in [5.41, 5.74) is 2.40. The second-order valence-electron chi connectivity index (χ2n) is 7.11. The van der Waals surface area contributed by atoms with E-state index in [9.17, 15) is 24.5 Å². The summed E-state index contributed by atoms with van der Waals surface area (Å²) in [6, 6.07) is 6.62. The van der Waals surface area contributed by atoms with E-state index in [1.807, 2.05) is 5.48 Å². The number of benzene rings is 2. The van der Waals surface area contributed by atoms with Crippen LogP contribution in [-0.4, -0.2) is 62.1 Å². The second-order valence-corrected chi connectivity index (χ2v) is 7.97. The number of nitro groups is 1. The largest absolute Gasteiger partial charge is 0.374 e. The third-order valence-corrected chi connectivity index (χ3v) is 5.34. The molecule has 2 heterocycles. The molecule has 0 radical (unpaired) electrons. The summed E-state index contributed by atoms with van der Waals surface area (Å²) in [6.45, 7) is 0.204. The van der Waals surface area contributed by atoms with Crippen molar-refractivity contribution >= 4 is 61.6 Å². The van der Waals surface area contributed by atoms with Gasteiger partial charge < -0.3 is 16.0 Å². The quantitative estimate of drug-likeness (QED) is 0.0598. The number of nitrogens with zero attached hydrogens (tertiary/aromatic N) is 6. The Morgan fingerprint density at radius 3 is 2.65 bits per heavy atom. The Morgan fingerprint density at radius 1 is 1.11 bits per heavy atom. The zero-order valence-electron chi connectivity index (χ0n) is 18.4. The molecule has 0 spiro atoms. The maximum Gasteiger partial charge on any atom is 0.300 e. The number of aromatic nitrogens is 4. The van der Waals surface area contributed by atoms with Gasteiger partial charge in [-0.05, 0) is 60.8 Å². The molecule has 0 aliphatic heterocycles. The number of halogens is 2. The van der Waals surface area contributed by atoms with Crippen LogP contribution in [0.3, 0.4) is 0 Å². The fourth-order valence-electron chi connectivity index (χ4n) is 3.04. The molecule has 192 valence electrons. The number of hydrogen-bond donors (Lipinski definition) is 5. The van der Waals surface area contributed by atoms with Gasteiger partial charge in [-0.2, -0.15) is 0 Å². The Bertz CT molecular complexity index is 1470. The van der Waals surface area contributed by atoms with Crippen LogP contribution < -0.4 is 21.4 Å². The van der Waals surface area contributed by atoms with Gasteiger partial charge in [0, 0.05) is 19.2 Å². The molecule has 0 unspecified atom stereocenters. The topological polar surface area (TPSA) is 219 Å². The average molecular weight is 579 g/mol. The van der Waals surface area contributed by atoms with Gasteiger partial charge in [-0.15, -0.1) is 0 Å². The Kier molecular flexibility index (Phi) is 7.79. The zero-order valence-corrected chi connectivity index (χ0v) is 20.0. The summed E-state index contributed by atoms with van der Waals surface area (Å²) in [5.74, 6) is -0.853. The first kappa shape index (κ1) is 25.4. The number of carbonyl (C=O) groups is 1.